The van der Waals surface area contributed by atoms with Crippen molar-refractivity contribution in [1.29, 1.82) is 0 Å². The first kappa shape index (κ1) is 24.1. The molecule has 2 aromatic rings. The van der Waals surface area contributed by atoms with Crippen molar-refractivity contribution in [2.75, 3.05) is 6.26 Å². The molecule has 0 aliphatic rings. The van der Waals surface area contributed by atoms with E-state index in [0.717, 1.165) is 0 Å². The fourth-order valence-corrected chi connectivity index (χ4v) is 10.1. The molecule has 2 rings (SSSR count). The lowest BCUT2D eigenvalue weighted by molar-refractivity contribution is 0.246. The third kappa shape index (κ3) is 5.28. The van der Waals surface area contributed by atoms with Gasteiger partial charge in [0, 0.05) is 0 Å². The van der Waals surface area contributed by atoms with Crippen molar-refractivity contribution in [3.05, 3.63) is 40.4 Å². The zero-order valence-electron chi connectivity index (χ0n) is 18.0. The zero-order chi connectivity index (χ0) is 21.8. The van der Waals surface area contributed by atoms with E-state index in [4.69, 9.17) is 20.7 Å². The third-order valence-electron chi connectivity index (χ3n) is 5.25. The van der Waals surface area contributed by atoms with Gasteiger partial charge in [0.2, 0.25) is 8.32 Å². The van der Waals surface area contributed by atoms with Gasteiger partial charge in [0.25, 0.3) is 0 Å². The standard InChI is InChI=1S/C20H29ClFN3O2SSi/c1-12(2)29(13(3)4,14(5)6)26-11-18-19(25-27-24-18)20(28-7)23-15-8-9-17(22)16(21)10-15/h8-10,12-14H,11H2,1-7H3/b23-20-. The van der Waals surface area contributed by atoms with E-state index in [9.17, 15) is 4.39 Å². The Balaban J connectivity index is 2.33. The highest BCUT2D eigenvalue weighted by molar-refractivity contribution is 8.13. The predicted molar refractivity (Wildman–Crippen MR) is 121 cm³/mol. The van der Waals surface area contributed by atoms with Gasteiger partial charge in [-0.25, -0.2) is 14.0 Å². The molecule has 1 aromatic heterocycles. The summed E-state index contributed by atoms with van der Waals surface area (Å²) in [5.41, 5.74) is 3.07. The minimum atomic E-state index is -2.05. The Morgan fingerprint density at radius 2 is 1.79 bits per heavy atom. The number of thioether (sulfide) groups is 1. The molecule has 5 nitrogen and oxygen atoms in total. The lowest BCUT2D eigenvalue weighted by Gasteiger charge is -2.41. The third-order valence-corrected chi connectivity index (χ3v) is 12.3. The summed E-state index contributed by atoms with van der Waals surface area (Å²) in [4.78, 5) is 4.55. The number of aliphatic imine (C=N–C) groups is 1. The van der Waals surface area contributed by atoms with Crippen molar-refractivity contribution in [2.24, 2.45) is 4.99 Å². The fourth-order valence-electron chi connectivity index (χ4n) is 4.02. The molecule has 1 heterocycles. The van der Waals surface area contributed by atoms with E-state index in [2.05, 4.69) is 56.8 Å². The molecule has 0 amide bonds. The summed E-state index contributed by atoms with van der Waals surface area (Å²) >= 11 is 7.28. The molecule has 9 heteroatoms. The summed E-state index contributed by atoms with van der Waals surface area (Å²) in [6.45, 7) is 13.7. The Hall–Kier alpha value is -1.22. The van der Waals surface area contributed by atoms with Gasteiger partial charge in [0.1, 0.15) is 16.6 Å². The SMILES string of the molecule is CS/C(=N\c1ccc(F)c(Cl)c1)c1nonc1CO[Si](C(C)C)(C(C)C)C(C)C. The highest BCUT2D eigenvalue weighted by atomic mass is 35.5. The molecule has 0 fully saturated rings. The highest BCUT2D eigenvalue weighted by Crippen LogP contribution is 2.42. The molecule has 29 heavy (non-hydrogen) atoms. The normalized spacial score (nSPS) is 13.2. The van der Waals surface area contributed by atoms with Crippen molar-refractivity contribution in [2.45, 2.75) is 64.8 Å². The van der Waals surface area contributed by atoms with Crippen molar-refractivity contribution < 1.29 is 13.4 Å². The Morgan fingerprint density at radius 1 is 1.17 bits per heavy atom. The van der Waals surface area contributed by atoms with E-state index in [1.807, 2.05) is 6.26 Å². The van der Waals surface area contributed by atoms with Crippen LogP contribution >= 0.6 is 23.4 Å². The van der Waals surface area contributed by atoms with Gasteiger partial charge >= 0.3 is 0 Å². The van der Waals surface area contributed by atoms with Crippen LogP contribution in [0.3, 0.4) is 0 Å². The van der Waals surface area contributed by atoms with Crippen LogP contribution in [0, 0.1) is 5.82 Å². The largest absolute Gasteiger partial charge is 0.410 e. The number of benzene rings is 1. The van der Waals surface area contributed by atoms with E-state index in [1.54, 1.807) is 6.07 Å². The molecular weight excluding hydrogens is 429 g/mol. The number of aromatic nitrogens is 2. The molecule has 0 aliphatic carbocycles. The molecule has 0 atom stereocenters. The summed E-state index contributed by atoms with van der Waals surface area (Å²) in [5.74, 6) is -0.481. The minimum absolute atomic E-state index is 0.0233. The summed E-state index contributed by atoms with van der Waals surface area (Å²) in [7, 11) is -2.05. The molecule has 0 radical (unpaired) electrons. The number of halogens is 2. The first-order valence-electron chi connectivity index (χ1n) is 9.66. The van der Waals surface area contributed by atoms with E-state index in [1.165, 1.54) is 23.9 Å². The van der Waals surface area contributed by atoms with Crippen LogP contribution in [0.4, 0.5) is 10.1 Å². The van der Waals surface area contributed by atoms with Gasteiger partial charge in [-0.05, 0) is 46.2 Å². The maximum atomic E-state index is 13.4. The summed E-state index contributed by atoms with van der Waals surface area (Å²) in [6.07, 6.45) is 1.89. The maximum absolute atomic E-state index is 13.4. The van der Waals surface area contributed by atoms with Crippen LogP contribution in [0.1, 0.15) is 52.9 Å². The van der Waals surface area contributed by atoms with Crippen molar-refractivity contribution in [3.63, 3.8) is 0 Å². The average Bonchev–Trinajstić information content (AvgIpc) is 3.10. The van der Waals surface area contributed by atoms with Gasteiger partial charge in [0.15, 0.2) is 5.69 Å². The lowest BCUT2D eigenvalue weighted by atomic mass is 10.3. The monoisotopic (exact) mass is 457 g/mol. The first-order valence-corrected chi connectivity index (χ1v) is 13.4. The summed E-state index contributed by atoms with van der Waals surface area (Å²) in [6, 6.07) is 4.33. The van der Waals surface area contributed by atoms with Crippen LogP contribution in [0.25, 0.3) is 0 Å². The zero-order valence-corrected chi connectivity index (χ0v) is 20.6. The Kier molecular flexibility index (Phi) is 8.45. The molecule has 0 aliphatic heterocycles. The maximum Gasteiger partial charge on any atom is 0.200 e. The molecule has 0 saturated carbocycles. The number of hydrogen-bond acceptors (Lipinski definition) is 6. The number of hydrogen-bond donors (Lipinski definition) is 0. The van der Waals surface area contributed by atoms with E-state index >= 15 is 0 Å². The van der Waals surface area contributed by atoms with Crippen molar-refractivity contribution >= 4 is 42.4 Å². The fraction of sp³-hybridized carbons (Fsp3) is 0.550. The van der Waals surface area contributed by atoms with E-state index < -0.39 is 14.1 Å². The average molecular weight is 458 g/mol. The van der Waals surface area contributed by atoms with Crippen molar-refractivity contribution in [3.8, 4) is 0 Å². The van der Waals surface area contributed by atoms with Gasteiger partial charge in [-0.1, -0.05) is 58.3 Å². The van der Waals surface area contributed by atoms with Gasteiger partial charge < -0.3 is 4.43 Å². The van der Waals surface area contributed by atoms with Crippen molar-refractivity contribution in [1.82, 2.24) is 10.3 Å². The Bertz CT molecular complexity index is 836. The molecule has 0 N–H and O–H groups in total. The quantitative estimate of drug-likeness (QED) is 0.242. The Labute approximate surface area is 182 Å². The molecule has 1 aromatic carbocycles. The van der Waals surface area contributed by atoms with Crippen LogP contribution in [0.2, 0.25) is 21.6 Å². The smallest absolute Gasteiger partial charge is 0.200 e. The molecule has 0 unspecified atom stereocenters. The molecular formula is C20H29ClFN3O2SSi. The second kappa shape index (κ2) is 10.2. The van der Waals surface area contributed by atoms with Crippen LogP contribution in [0.5, 0.6) is 0 Å². The minimum Gasteiger partial charge on any atom is -0.410 e. The molecule has 0 bridgehead atoms. The van der Waals surface area contributed by atoms with Crippen LogP contribution in [0.15, 0.2) is 27.8 Å². The van der Waals surface area contributed by atoms with Gasteiger partial charge in [0.05, 0.1) is 17.3 Å². The van der Waals surface area contributed by atoms with E-state index in [0.29, 0.717) is 45.3 Å². The topological polar surface area (TPSA) is 60.5 Å². The van der Waals surface area contributed by atoms with Gasteiger partial charge in [-0.2, -0.15) is 0 Å². The second-order valence-corrected chi connectivity index (χ2v) is 14.5. The van der Waals surface area contributed by atoms with Gasteiger partial charge in [-0.15, -0.1) is 11.8 Å². The number of nitrogens with zero attached hydrogens (tertiary/aromatic N) is 3. The summed E-state index contributed by atoms with van der Waals surface area (Å²) < 4.78 is 25.1. The number of rotatable bonds is 8. The molecule has 160 valence electrons. The van der Waals surface area contributed by atoms with Crippen LogP contribution < -0.4 is 0 Å². The summed E-state index contributed by atoms with van der Waals surface area (Å²) in [5, 5.41) is 8.75. The van der Waals surface area contributed by atoms with Crippen LogP contribution in [-0.4, -0.2) is 29.9 Å². The van der Waals surface area contributed by atoms with Crippen LogP contribution in [-0.2, 0) is 11.0 Å². The molecule has 0 saturated heterocycles. The predicted octanol–water partition coefficient (Wildman–Crippen LogP) is 7.00. The lowest BCUT2D eigenvalue weighted by Crippen LogP contribution is -2.47. The second-order valence-electron chi connectivity index (χ2n) is 7.89. The van der Waals surface area contributed by atoms with E-state index in [-0.39, 0.29) is 5.02 Å². The highest BCUT2D eigenvalue weighted by Gasteiger charge is 2.45. The molecule has 0 spiro atoms. The Morgan fingerprint density at radius 3 is 2.31 bits per heavy atom. The van der Waals surface area contributed by atoms with Gasteiger partial charge in [-0.3, -0.25) is 0 Å². The first-order chi connectivity index (χ1) is 13.6.